The summed E-state index contributed by atoms with van der Waals surface area (Å²) < 4.78 is 0. The van der Waals surface area contributed by atoms with Crippen LogP contribution in [-0.2, 0) is 4.79 Å². The Bertz CT molecular complexity index is 215. The molecule has 1 heterocycles. The van der Waals surface area contributed by atoms with Gasteiger partial charge in [0.15, 0.2) is 0 Å². The van der Waals surface area contributed by atoms with Gasteiger partial charge in [0, 0.05) is 36.9 Å². The summed E-state index contributed by atoms with van der Waals surface area (Å²) in [6, 6.07) is 0. The molecule has 2 aliphatic rings. The molecule has 1 unspecified atom stereocenters. The zero-order chi connectivity index (χ0) is 10.5. The smallest absolute Gasteiger partial charge is 0.136 e. The molecule has 2 fully saturated rings. The molecule has 1 aliphatic carbocycles. The highest BCUT2D eigenvalue weighted by Gasteiger charge is 2.24. The molecular weight excluding hydrogens is 226 g/mol. The summed E-state index contributed by atoms with van der Waals surface area (Å²) in [5, 5.41) is 0. The molecule has 1 aliphatic heterocycles. The number of hydrogen-bond donors (Lipinski definition) is 0. The monoisotopic (exact) mass is 245 g/mol. The van der Waals surface area contributed by atoms with Gasteiger partial charge < -0.3 is 4.90 Å². The standard InChI is InChI=1S/C11H19NOS2/c13-11-3-1-2-10(11)4-5-12-6-8-14-15-9-7-12/h10H,1-9H2. The second kappa shape index (κ2) is 6.16. The lowest BCUT2D eigenvalue weighted by Gasteiger charge is -2.20. The Labute approximate surface area is 99.9 Å². The van der Waals surface area contributed by atoms with E-state index in [4.69, 9.17) is 0 Å². The van der Waals surface area contributed by atoms with Crippen molar-refractivity contribution < 1.29 is 4.79 Å². The molecule has 0 amide bonds. The van der Waals surface area contributed by atoms with E-state index in [-0.39, 0.29) is 0 Å². The van der Waals surface area contributed by atoms with Gasteiger partial charge >= 0.3 is 0 Å². The van der Waals surface area contributed by atoms with E-state index in [0.29, 0.717) is 11.7 Å². The Morgan fingerprint density at radius 3 is 2.60 bits per heavy atom. The Kier molecular flexibility index (Phi) is 4.85. The van der Waals surface area contributed by atoms with Crippen molar-refractivity contribution in [2.24, 2.45) is 5.92 Å². The Hall–Kier alpha value is 0.330. The number of hydrogen-bond acceptors (Lipinski definition) is 4. The lowest BCUT2D eigenvalue weighted by molar-refractivity contribution is -0.120. The van der Waals surface area contributed by atoms with E-state index in [9.17, 15) is 4.79 Å². The molecule has 1 saturated carbocycles. The van der Waals surface area contributed by atoms with Gasteiger partial charge in [-0.05, 0) is 25.8 Å². The number of rotatable bonds is 3. The molecule has 15 heavy (non-hydrogen) atoms. The number of nitrogens with zero attached hydrogens (tertiary/aromatic N) is 1. The average Bonchev–Trinajstić information content (AvgIpc) is 2.53. The van der Waals surface area contributed by atoms with Gasteiger partial charge in [-0.2, -0.15) is 0 Å². The Morgan fingerprint density at radius 1 is 1.27 bits per heavy atom. The molecule has 1 saturated heterocycles. The maximum atomic E-state index is 11.5. The van der Waals surface area contributed by atoms with Gasteiger partial charge in [-0.3, -0.25) is 4.79 Å². The van der Waals surface area contributed by atoms with E-state index >= 15 is 0 Å². The third-order valence-electron chi connectivity index (χ3n) is 3.29. The molecule has 0 bridgehead atoms. The third-order valence-corrected chi connectivity index (χ3v) is 5.66. The molecule has 2 nitrogen and oxygen atoms in total. The van der Waals surface area contributed by atoms with Crippen LogP contribution in [0.25, 0.3) is 0 Å². The van der Waals surface area contributed by atoms with Crippen LogP contribution in [0.3, 0.4) is 0 Å². The van der Waals surface area contributed by atoms with E-state index in [1.54, 1.807) is 0 Å². The van der Waals surface area contributed by atoms with Crippen LogP contribution in [0.15, 0.2) is 0 Å². The van der Waals surface area contributed by atoms with Crippen molar-refractivity contribution >= 4 is 27.4 Å². The number of ketones is 1. The van der Waals surface area contributed by atoms with Crippen molar-refractivity contribution in [2.45, 2.75) is 25.7 Å². The minimum absolute atomic E-state index is 0.397. The topological polar surface area (TPSA) is 20.3 Å². The van der Waals surface area contributed by atoms with Crippen LogP contribution in [0.1, 0.15) is 25.7 Å². The van der Waals surface area contributed by atoms with Crippen LogP contribution in [0.5, 0.6) is 0 Å². The van der Waals surface area contributed by atoms with Gasteiger partial charge in [0.25, 0.3) is 0 Å². The number of carbonyl (C=O) groups is 1. The molecular formula is C11H19NOS2. The van der Waals surface area contributed by atoms with Crippen LogP contribution in [0, 0.1) is 5.92 Å². The first-order valence-corrected chi connectivity index (χ1v) is 8.34. The Morgan fingerprint density at radius 2 is 2.00 bits per heavy atom. The summed E-state index contributed by atoms with van der Waals surface area (Å²) in [5.41, 5.74) is 0. The van der Waals surface area contributed by atoms with E-state index in [1.165, 1.54) is 24.6 Å². The molecule has 86 valence electrons. The van der Waals surface area contributed by atoms with Gasteiger partial charge in [0.1, 0.15) is 5.78 Å². The first-order valence-electron chi connectivity index (χ1n) is 5.86. The van der Waals surface area contributed by atoms with Gasteiger partial charge in [-0.15, -0.1) is 0 Å². The fraction of sp³-hybridized carbons (Fsp3) is 0.909. The second-order valence-corrected chi connectivity index (χ2v) is 7.03. The molecule has 0 aromatic heterocycles. The van der Waals surface area contributed by atoms with Gasteiger partial charge in [0.05, 0.1) is 0 Å². The van der Waals surface area contributed by atoms with Gasteiger partial charge in [-0.1, -0.05) is 21.6 Å². The third kappa shape index (κ3) is 3.68. The molecule has 1 atom stereocenters. The summed E-state index contributed by atoms with van der Waals surface area (Å²) in [5.74, 6) is 3.40. The predicted molar refractivity (Wildman–Crippen MR) is 68.3 cm³/mol. The minimum Gasteiger partial charge on any atom is -0.302 e. The second-order valence-electron chi connectivity index (χ2n) is 4.33. The first-order chi connectivity index (χ1) is 7.36. The molecule has 0 aromatic rings. The van der Waals surface area contributed by atoms with Crippen molar-refractivity contribution in [3.8, 4) is 0 Å². The minimum atomic E-state index is 0.397. The van der Waals surface area contributed by atoms with Gasteiger partial charge in [0.2, 0.25) is 0 Å². The van der Waals surface area contributed by atoms with Crippen LogP contribution < -0.4 is 0 Å². The molecule has 4 heteroatoms. The highest BCUT2D eigenvalue weighted by molar-refractivity contribution is 8.76. The molecule has 2 rings (SSSR count). The van der Waals surface area contributed by atoms with Crippen molar-refractivity contribution in [3.05, 3.63) is 0 Å². The average molecular weight is 245 g/mol. The first kappa shape index (κ1) is 11.8. The molecule has 0 aromatic carbocycles. The summed E-state index contributed by atoms with van der Waals surface area (Å²) in [4.78, 5) is 14.0. The van der Waals surface area contributed by atoms with E-state index < -0.39 is 0 Å². The lowest BCUT2D eigenvalue weighted by Crippen LogP contribution is -2.30. The van der Waals surface area contributed by atoms with Crippen molar-refractivity contribution in [1.82, 2.24) is 4.90 Å². The molecule has 0 radical (unpaired) electrons. The zero-order valence-corrected chi connectivity index (χ0v) is 10.7. The largest absolute Gasteiger partial charge is 0.302 e. The van der Waals surface area contributed by atoms with E-state index in [2.05, 4.69) is 4.90 Å². The van der Waals surface area contributed by atoms with Crippen LogP contribution in [-0.4, -0.2) is 41.8 Å². The zero-order valence-electron chi connectivity index (χ0n) is 9.11. The summed E-state index contributed by atoms with van der Waals surface area (Å²) in [6.45, 7) is 3.55. The van der Waals surface area contributed by atoms with Gasteiger partial charge in [-0.25, -0.2) is 0 Å². The lowest BCUT2D eigenvalue weighted by atomic mass is 10.0. The summed E-state index contributed by atoms with van der Waals surface area (Å²) in [6.07, 6.45) is 4.23. The highest BCUT2D eigenvalue weighted by Crippen LogP contribution is 2.26. The van der Waals surface area contributed by atoms with E-state index in [1.807, 2.05) is 21.6 Å². The SMILES string of the molecule is O=C1CCCC1CCN1CCSSCC1. The summed E-state index contributed by atoms with van der Waals surface area (Å²) in [7, 11) is 3.97. The molecule has 0 spiro atoms. The maximum absolute atomic E-state index is 11.5. The van der Waals surface area contributed by atoms with Crippen molar-refractivity contribution in [1.29, 1.82) is 0 Å². The summed E-state index contributed by atoms with van der Waals surface area (Å²) >= 11 is 0. The normalized spacial score (nSPS) is 29.3. The number of carbonyl (C=O) groups excluding carboxylic acids is 1. The number of Topliss-reactive ketones (excluding diaryl/α,β-unsaturated/α-hetero) is 1. The van der Waals surface area contributed by atoms with Crippen LogP contribution >= 0.6 is 21.6 Å². The fourth-order valence-corrected chi connectivity index (χ4v) is 4.37. The van der Waals surface area contributed by atoms with Crippen LogP contribution in [0.4, 0.5) is 0 Å². The van der Waals surface area contributed by atoms with E-state index in [0.717, 1.165) is 32.2 Å². The quantitative estimate of drug-likeness (QED) is 0.711. The fourth-order valence-electron chi connectivity index (χ4n) is 2.32. The Balaban J connectivity index is 1.69. The molecule has 0 N–H and O–H groups in total. The van der Waals surface area contributed by atoms with Crippen LogP contribution in [0.2, 0.25) is 0 Å². The van der Waals surface area contributed by atoms with Crippen molar-refractivity contribution in [2.75, 3.05) is 31.1 Å². The highest BCUT2D eigenvalue weighted by atomic mass is 33.1. The predicted octanol–water partition coefficient (Wildman–Crippen LogP) is 2.44. The van der Waals surface area contributed by atoms with Crippen molar-refractivity contribution in [3.63, 3.8) is 0 Å². The maximum Gasteiger partial charge on any atom is 0.136 e.